The van der Waals surface area contributed by atoms with Crippen LogP contribution in [-0.2, 0) is 20.0 Å². The molecule has 2 aliphatic rings. The molecule has 1 fully saturated rings. The average molecular weight is 563 g/mol. The molecule has 40 heavy (non-hydrogen) atoms. The van der Waals surface area contributed by atoms with E-state index in [1.807, 2.05) is 30.0 Å². The summed E-state index contributed by atoms with van der Waals surface area (Å²) in [5.74, 6) is 0.114. The summed E-state index contributed by atoms with van der Waals surface area (Å²) < 4.78 is 15.3. The summed E-state index contributed by atoms with van der Waals surface area (Å²) in [4.78, 5) is 38.9. The highest BCUT2D eigenvalue weighted by Gasteiger charge is 2.29. The van der Waals surface area contributed by atoms with Gasteiger partial charge < -0.3 is 24.7 Å². The number of rotatable bonds is 8. The van der Waals surface area contributed by atoms with Crippen LogP contribution in [-0.4, -0.2) is 62.5 Å². The van der Waals surface area contributed by atoms with E-state index in [1.54, 1.807) is 19.3 Å². The number of nitrogens with one attached hydrogen (secondary N) is 2. The van der Waals surface area contributed by atoms with Crippen molar-refractivity contribution in [2.75, 3.05) is 31.5 Å². The van der Waals surface area contributed by atoms with Gasteiger partial charge in [-0.15, -0.1) is 0 Å². The van der Waals surface area contributed by atoms with Gasteiger partial charge in [-0.05, 0) is 86.8 Å². The molecule has 0 bridgehead atoms. The fraction of sp³-hybridized carbons (Fsp3) is 0.367. The van der Waals surface area contributed by atoms with Crippen LogP contribution in [0.25, 0.3) is 22.4 Å². The first-order valence-corrected chi connectivity index (χ1v) is 14.1. The molecule has 8 nitrogen and oxygen atoms in total. The molecule has 4 aromatic rings. The smallest absolute Gasteiger partial charge is 0.263 e. The molecule has 1 atom stereocenters. The predicted molar refractivity (Wildman–Crippen MR) is 155 cm³/mol. The van der Waals surface area contributed by atoms with Crippen LogP contribution < -0.4 is 10.9 Å². The maximum Gasteiger partial charge on any atom is 0.263 e. The standard InChI is InChI=1S/C30H32ClFN6O2/c1-18(13-19-14-21(32)5-6-23(19)31)33-24-7-10-36(2)30(40)27(24)28-34-25-15-20-17-38(12-11-37-8-3-4-9-37)29(39)22(20)16-26(25)35-28/h5-7,10,14-16,18,33H,3-4,8-9,11-13,17H2,1-2H3,(H,34,35)/t18-/m0/s1. The van der Waals surface area contributed by atoms with E-state index in [0.29, 0.717) is 58.3 Å². The Hall–Kier alpha value is -3.69. The van der Waals surface area contributed by atoms with Crippen molar-refractivity contribution in [2.45, 2.75) is 38.8 Å². The van der Waals surface area contributed by atoms with E-state index in [4.69, 9.17) is 16.6 Å². The van der Waals surface area contributed by atoms with Crippen LogP contribution in [0.1, 0.15) is 41.3 Å². The minimum absolute atomic E-state index is 0.0310. The number of imidazole rings is 1. The summed E-state index contributed by atoms with van der Waals surface area (Å²) in [6.07, 6.45) is 4.63. The Labute approximate surface area is 236 Å². The number of likely N-dealkylation sites (tertiary alicyclic amines) is 1. The van der Waals surface area contributed by atoms with E-state index in [9.17, 15) is 14.0 Å². The molecular formula is C30H32ClFN6O2. The molecule has 2 aromatic carbocycles. The number of aryl methyl sites for hydroxylation is 1. The van der Waals surface area contributed by atoms with Gasteiger partial charge in [0.15, 0.2) is 0 Å². The highest BCUT2D eigenvalue weighted by molar-refractivity contribution is 6.31. The van der Waals surface area contributed by atoms with Crippen molar-refractivity contribution in [3.05, 3.63) is 80.5 Å². The molecule has 0 saturated carbocycles. The number of anilines is 1. The molecule has 0 spiro atoms. The zero-order valence-corrected chi connectivity index (χ0v) is 23.4. The minimum atomic E-state index is -0.344. The Bertz CT molecular complexity index is 1660. The van der Waals surface area contributed by atoms with Crippen molar-refractivity contribution in [1.82, 2.24) is 24.3 Å². The molecule has 208 valence electrons. The third-order valence-electron chi connectivity index (χ3n) is 7.91. The van der Waals surface area contributed by atoms with Gasteiger partial charge in [0.05, 0.1) is 16.7 Å². The second-order valence-corrected chi connectivity index (χ2v) is 11.3. The fourth-order valence-electron chi connectivity index (χ4n) is 5.77. The summed E-state index contributed by atoms with van der Waals surface area (Å²) in [5.41, 5.74) is 4.54. The lowest BCUT2D eigenvalue weighted by atomic mass is 10.1. The number of H-pyrrole nitrogens is 1. The van der Waals surface area contributed by atoms with Gasteiger partial charge >= 0.3 is 0 Å². The molecular weight excluding hydrogens is 531 g/mol. The molecule has 0 radical (unpaired) electrons. The van der Waals surface area contributed by atoms with Gasteiger partial charge in [0.25, 0.3) is 11.5 Å². The molecule has 2 aliphatic heterocycles. The van der Waals surface area contributed by atoms with Crippen LogP contribution in [0.3, 0.4) is 0 Å². The number of hydrogen-bond donors (Lipinski definition) is 2. The van der Waals surface area contributed by atoms with Crippen molar-refractivity contribution >= 4 is 34.2 Å². The van der Waals surface area contributed by atoms with Crippen molar-refractivity contribution in [2.24, 2.45) is 7.05 Å². The lowest BCUT2D eigenvalue weighted by Crippen LogP contribution is -2.33. The molecule has 0 unspecified atom stereocenters. The number of carbonyl (C=O) groups is 1. The first kappa shape index (κ1) is 26.5. The maximum absolute atomic E-state index is 13.8. The Morgan fingerprint density at radius 1 is 1.12 bits per heavy atom. The largest absolute Gasteiger partial charge is 0.381 e. The molecule has 2 aromatic heterocycles. The van der Waals surface area contributed by atoms with Crippen LogP contribution in [0.15, 0.2) is 47.4 Å². The predicted octanol–water partition coefficient (Wildman–Crippen LogP) is 4.82. The molecule has 0 aliphatic carbocycles. The van der Waals surface area contributed by atoms with E-state index >= 15 is 0 Å². The van der Waals surface area contributed by atoms with Gasteiger partial charge in [-0.3, -0.25) is 9.59 Å². The summed E-state index contributed by atoms with van der Waals surface area (Å²) in [6, 6.07) is 9.80. The summed E-state index contributed by atoms with van der Waals surface area (Å²) >= 11 is 6.28. The Morgan fingerprint density at radius 2 is 1.93 bits per heavy atom. The second kappa shape index (κ2) is 10.7. The third-order valence-corrected chi connectivity index (χ3v) is 8.28. The molecule has 10 heteroatoms. The highest BCUT2D eigenvalue weighted by Crippen LogP contribution is 2.31. The highest BCUT2D eigenvalue weighted by atomic mass is 35.5. The molecule has 4 heterocycles. The lowest BCUT2D eigenvalue weighted by Gasteiger charge is -2.20. The number of halogens is 2. The molecule has 2 N–H and O–H groups in total. The summed E-state index contributed by atoms with van der Waals surface area (Å²) in [7, 11) is 1.69. The third kappa shape index (κ3) is 5.11. The van der Waals surface area contributed by atoms with Crippen molar-refractivity contribution < 1.29 is 9.18 Å². The minimum Gasteiger partial charge on any atom is -0.381 e. The number of fused-ring (bicyclic) bond motifs is 2. The number of pyridine rings is 1. The molecule has 1 amide bonds. The van der Waals surface area contributed by atoms with Crippen LogP contribution in [0.2, 0.25) is 5.02 Å². The maximum atomic E-state index is 13.8. The van der Waals surface area contributed by atoms with Gasteiger partial charge in [0.2, 0.25) is 0 Å². The first-order chi connectivity index (χ1) is 19.3. The van der Waals surface area contributed by atoms with Crippen LogP contribution in [0.4, 0.5) is 10.1 Å². The number of aromatic amines is 1. The Balaban J connectivity index is 1.26. The summed E-state index contributed by atoms with van der Waals surface area (Å²) in [5, 5.41) is 3.89. The van der Waals surface area contributed by atoms with Crippen molar-refractivity contribution in [3.8, 4) is 11.4 Å². The summed E-state index contributed by atoms with van der Waals surface area (Å²) in [6.45, 7) is 6.36. The number of carbonyl (C=O) groups excluding carboxylic acids is 1. The van der Waals surface area contributed by atoms with E-state index < -0.39 is 0 Å². The van der Waals surface area contributed by atoms with Gasteiger partial charge in [0.1, 0.15) is 17.2 Å². The average Bonchev–Trinajstić information content (AvgIpc) is 3.65. The number of nitrogens with zero attached hydrogens (tertiary/aromatic N) is 4. The lowest BCUT2D eigenvalue weighted by molar-refractivity contribution is 0.0763. The monoisotopic (exact) mass is 562 g/mol. The van der Waals surface area contributed by atoms with E-state index in [2.05, 4.69) is 15.2 Å². The normalized spacial score (nSPS) is 16.2. The second-order valence-electron chi connectivity index (χ2n) is 10.9. The van der Waals surface area contributed by atoms with E-state index in [0.717, 1.165) is 30.7 Å². The molecule has 1 saturated heterocycles. The van der Waals surface area contributed by atoms with E-state index in [1.165, 1.54) is 29.5 Å². The Kier molecular flexibility index (Phi) is 7.10. The first-order valence-electron chi connectivity index (χ1n) is 13.7. The topological polar surface area (TPSA) is 86.3 Å². The number of aromatic nitrogens is 3. The van der Waals surface area contributed by atoms with Crippen LogP contribution in [0, 0.1) is 5.82 Å². The van der Waals surface area contributed by atoms with Gasteiger partial charge in [-0.2, -0.15) is 0 Å². The SMILES string of the molecule is C[C@@H](Cc1cc(F)ccc1Cl)Nc1ccn(C)c(=O)c1-c1nc2cc3c(cc2[nH]1)CN(CCN1CCCC1)C3=O. The quantitative estimate of drug-likeness (QED) is 0.322. The fourth-order valence-corrected chi connectivity index (χ4v) is 5.97. The number of benzene rings is 2. The van der Waals surface area contributed by atoms with Gasteiger partial charge in [-0.1, -0.05) is 11.6 Å². The molecule has 6 rings (SSSR count). The van der Waals surface area contributed by atoms with E-state index in [-0.39, 0.29) is 23.3 Å². The van der Waals surface area contributed by atoms with Crippen LogP contribution in [0.5, 0.6) is 0 Å². The van der Waals surface area contributed by atoms with Crippen LogP contribution >= 0.6 is 11.6 Å². The van der Waals surface area contributed by atoms with Gasteiger partial charge in [-0.25, -0.2) is 9.37 Å². The Morgan fingerprint density at radius 3 is 2.73 bits per heavy atom. The van der Waals surface area contributed by atoms with Gasteiger partial charge in [0, 0.05) is 49.5 Å². The zero-order valence-electron chi connectivity index (χ0n) is 22.6. The van der Waals surface area contributed by atoms with Crippen molar-refractivity contribution in [1.29, 1.82) is 0 Å². The number of amides is 1. The zero-order chi connectivity index (χ0) is 28.0. The van der Waals surface area contributed by atoms with Crippen molar-refractivity contribution in [3.63, 3.8) is 0 Å². The number of hydrogen-bond acceptors (Lipinski definition) is 5.